The Labute approximate surface area is 344 Å². The molecule has 0 spiro atoms. The second-order valence-electron chi connectivity index (χ2n) is 16.7. The Bertz CT molecular complexity index is 3260. The molecular formula is C56H41N3. The zero-order valence-electron chi connectivity index (χ0n) is 33.2. The molecule has 0 bridgehead atoms. The summed E-state index contributed by atoms with van der Waals surface area (Å²) in [7, 11) is 0. The molecule has 2 aliphatic carbocycles. The highest BCUT2D eigenvalue weighted by Crippen LogP contribution is 2.57. The molecule has 0 unspecified atom stereocenters. The smallest absolute Gasteiger partial charge is 0.0638 e. The number of para-hydroxylation sites is 4. The summed E-state index contributed by atoms with van der Waals surface area (Å²) in [5.41, 5.74) is 21.6. The lowest BCUT2D eigenvalue weighted by atomic mass is 9.79. The number of allylic oxidation sites excluding steroid dienone is 4. The maximum absolute atomic E-state index is 4.33. The molecule has 0 saturated heterocycles. The zero-order chi connectivity index (χ0) is 39.2. The summed E-state index contributed by atoms with van der Waals surface area (Å²) in [6, 6.07) is 62.8. The van der Waals surface area contributed by atoms with Crippen LogP contribution < -0.4 is 4.90 Å². The van der Waals surface area contributed by atoms with Gasteiger partial charge in [-0.3, -0.25) is 4.98 Å². The molecule has 0 amide bonds. The van der Waals surface area contributed by atoms with Crippen LogP contribution in [0.25, 0.3) is 77.6 Å². The second-order valence-corrected chi connectivity index (χ2v) is 16.7. The van der Waals surface area contributed by atoms with E-state index in [0.29, 0.717) is 0 Å². The van der Waals surface area contributed by atoms with Crippen LogP contribution in [-0.2, 0) is 5.41 Å². The van der Waals surface area contributed by atoms with Gasteiger partial charge in [0.25, 0.3) is 0 Å². The van der Waals surface area contributed by atoms with Gasteiger partial charge < -0.3 is 9.47 Å². The van der Waals surface area contributed by atoms with Gasteiger partial charge in [-0.05, 0) is 106 Å². The van der Waals surface area contributed by atoms with Crippen LogP contribution in [0.15, 0.2) is 194 Å². The summed E-state index contributed by atoms with van der Waals surface area (Å²) in [5, 5.41) is 3.61. The molecule has 3 nitrogen and oxygen atoms in total. The zero-order valence-corrected chi connectivity index (χ0v) is 33.2. The predicted molar refractivity (Wildman–Crippen MR) is 247 cm³/mol. The third-order valence-electron chi connectivity index (χ3n) is 13.1. The van der Waals surface area contributed by atoms with Crippen molar-refractivity contribution in [3.63, 3.8) is 0 Å². The number of fused-ring (bicyclic) bond motifs is 10. The third kappa shape index (κ3) is 5.04. The molecule has 7 aromatic carbocycles. The van der Waals surface area contributed by atoms with E-state index in [-0.39, 0.29) is 5.41 Å². The van der Waals surface area contributed by atoms with Crippen LogP contribution in [-0.4, -0.2) is 9.55 Å². The van der Waals surface area contributed by atoms with E-state index in [1.807, 2.05) is 12.4 Å². The molecule has 2 aromatic heterocycles. The topological polar surface area (TPSA) is 21.1 Å². The van der Waals surface area contributed by atoms with Crippen LogP contribution in [0.5, 0.6) is 0 Å². The third-order valence-corrected chi connectivity index (χ3v) is 13.1. The lowest BCUT2D eigenvalue weighted by Gasteiger charge is -2.30. The summed E-state index contributed by atoms with van der Waals surface area (Å²) in [6.45, 7) is 4.80. The van der Waals surface area contributed by atoms with Crippen molar-refractivity contribution in [1.29, 1.82) is 0 Å². The van der Waals surface area contributed by atoms with E-state index < -0.39 is 0 Å². The van der Waals surface area contributed by atoms with E-state index in [4.69, 9.17) is 0 Å². The Morgan fingerprint density at radius 2 is 1.19 bits per heavy atom. The molecule has 0 saturated carbocycles. The first-order chi connectivity index (χ1) is 29.0. The molecule has 12 rings (SSSR count). The molecule has 0 fully saturated rings. The van der Waals surface area contributed by atoms with Gasteiger partial charge in [-0.15, -0.1) is 0 Å². The molecule has 59 heavy (non-hydrogen) atoms. The summed E-state index contributed by atoms with van der Waals surface area (Å²) in [6.07, 6.45) is 8.33. The molecule has 9 aromatic rings. The minimum absolute atomic E-state index is 0.0639. The van der Waals surface area contributed by atoms with Gasteiger partial charge in [-0.1, -0.05) is 141 Å². The van der Waals surface area contributed by atoms with Crippen molar-refractivity contribution in [2.24, 2.45) is 0 Å². The van der Waals surface area contributed by atoms with Gasteiger partial charge >= 0.3 is 0 Å². The summed E-state index contributed by atoms with van der Waals surface area (Å²) in [4.78, 5) is 6.84. The summed E-state index contributed by atoms with van der Waals surface area (Å²) >= 11 is 0. The molecule has 280 valence electrons. The van der Waals surface area contributed by atoms with Gasteiger partial charge in [-0.25, -0.2) is 0 Å². The number of nitrogens with zero attached hydrogens (tertiary/aromatic N) is 3. The Kier molecular flexibility index (Phi) is 7.40. The molecule has 0 atom stereocenters. The fourth-order valence-corrected chi connectivity index (χ4v) is 10.4. The van der Waals surface area contributed by atoms with Crippen molar-refractivity contribution in [2.45, 2.75) is 32.1 Å². The van der Waals surface area contributed by atoms with Crippen LogP contribution in [0, 0.1) is 0 Å². The standard InChI is InChI=1S/C56H41N3/c1-56(2)48-21-8-3-17-43(48)44-29-28-41(34-49(44)56)58-51-23-10-5-18-45(51)54-46-19-6-11-24-52(46)59(53-25-12-7-20-47(53)55(54)58)50-22-9-4-16-42(50)39-15-13-14-36(33-39)37-26-27-40-35-57-31-30-38(40)32-37/h3-27,30-35H,28-29H2,1-2H3. The highest BCUT2D eigenvalue weighted by atomic mass is 15.2. The molecule has 0 radical (unpaired) electrons. The normalized spacial score (nSPS) is 14.9. The van der Waals surface area contributed by atoms with E-state index in [0.717, 1.165) is 23.9 Å². The Morgan fingerprint density at radius 1 is 0.525 bits per heavy atom. The maximum atomic E-state index is 4.33. The highest BCUT2D eigenvalue weighted by Gasteiger charge is 2.39. The van der Waals surface area contributed by atoms with Crippen molar-refractivity contribution >= 4 is 50.0 Å². The van der Waals surface area contributed by atoms with Crippen molar-refractivity contribution in [3.05, 3.63) is 205 Å². The second kappa shape index (κ2) is 12.9. The largest absolute Gasteiger partial charge is 0.312 e. The van der Waals surface area contributed by atoms with Crippen molar-refractivity contribution in [2.75, 3.05) is 4.90 Å². The van der Waals surface area contributed by atoms with E-state index in [9.17, 15) is 0 Å². The number of pyridine rings is 1. The Balaban J connectivity index is 1.07. The highest BCUT2D eigenvalue weighted by molar-refractivity contribution is 6.14. The van der Waals surface area contributed by atoms with Gasteiger partial charge in [0, 0.05) is 56.5 Å². The van der Waals surface area contributed by atoms with E-state index in [2.05, 4.69) is 204 Å². The number of aromatic nitrogens is 2. The van der Waals surface area contributed by atoms with Gasteiger partial charge in [0.1, 0.15) is 0 Å². The van der Waals surface area contributed by atoms with Crippen LogP contribution in [0.3, 0.4) is 0 Å². The molecular weight excluding hydrogens is 715 g/mol. The van der Waals surface area contributed by atoms with Crippen molar-refractivity contribution < 1.29 is 0 Å². The molecule has 0 N–H and O–H groups in total. The molecule has 3 heteroatoms. The lowest BCUT2D eigenvalue weighted by molar-refractivity contribution is 0.651. The predicted octanol–water partition coefficient (Wildman–Crippen LogP) is 15.0. The quantitative estimate of drug-likeness (QED) is 0.178. The van der Waals surface area contributed by atoms with Crippen LogP contribution >= 0.6 is 0 Å². The maximum Gasteiger partial charge on any atom is 0.0638 e. The first kappa shape index (κ1) is 33.9. The van der Waals surface area contributed by atoms with Gasteiger partial charge in [0.15, 0.2) is 0 Å². The first-order valence-corrected chi connectivity index (χ1v) is 20.7. The summed E-state index contributed by atoms with van der Waals surface area (Å²) in [5.74, 6) is 0. The fourth-order valence-electron chi connectivity index (χ4n) is 10.4. The van der Waals surface area contributed by atoms with Gasteiger partial charge in [-0.2, -0.15) is 0 Å². The minimum Gasteiger partial charge on any atom is -0.312 e. The summed E-state index contributed by atoms with van der Waals surface area (Å²) < 4.78 is 2.61. The number of rotatable bonds is 4. The number of anilines is 3. The average molecular weight is 756 g/mol. The van der Waals surface area contributed by atoms with E-state index >= 15 is 0 Å². The van der Waals surface area contributed by atoms with Crippen LogP contribution in [0.2, 0.25) is 0 Å². The lowest BCUT2D eigenvalue weighted by Crippen LogP contribution is -2.17. The molecule has 1 aliphatic heterocycles. The van der Waals surface area contributed by atoms with Crippen molar-refractivity contribution in [3.8, 4) is 44.6 Å². The molecule has 3 aliphatic rings. The van der Waals surface area contributed by atoms with Gasteiger partial charge in [0.2, 0.25) is 0 Å². The first-order valence-electron chi connectivity index (χ1n) is 20.7. The van der Waals surface area contributed by atoms with Gasteiger partial charge in [0.05, 0.1) is 28.3 Å². The number of benzene rings is 7. The minimum atomic E-state index is -0.0639. The van der Waals surface area contributed by atoms with Crippen LogP contribution in [0.4, 0.5) is 17.1 Å². The Hall–Kier alpha value is -7.23. The molecule has 3 heterocycles. The Morgan fingerprint density at radius 3 is 2.03 bits per heavy atom. The fraction of sp³-hybridized carbons (Fsp3) is 0.0893. The number of hydrogen-bond donors (Lipinski definition) is 0. The van der Waals surface area contributed by atoms with Crippen LogP contribution in [0.1, 0.15) is 37.8 Å². The monoisotopic (exact) mass is 755 g/mol. The van der Waals surface area contributed by atoms with E-state index in [1.54, 1.807) is 0 Å². The SMILES string of the molecule is CC1(C)C2=C(CCC(n3c4c(c5ccccc53)-c3ccccc3N(c3ccccc3-c3cccc(-c5ccc6cnccc6c5)c3)c3ccccc3-4)=C2)c2ccccc21. The van der Waals surface area contributed by atoms with Crippen molar-refractivity contribution in [1.82, 2.24) is 9.55 Å². The number of hydrogen-bond acceptors (Lipinski definition) is 2. The average Bonchev–Trinajstić information content (AvgIpc) is 3.70. The van der Waals surface area contributed by atoms with E-state index in [1.165, 1.54) is 100 Å².